The highest BCUT2D eigenvalue weighted by Crippen LogP contribution is 2.47. The van der Waals surface area contributed by atoms with Crippen LogP contribution in [0.3, 0.4) is 0 Å². The Hall–Kier alpha value is -3.06. The summed E-state index contributed by atoms with van der Waals surface area (Å²) in [6.07, 6.45) is 2.55. The Morgan fingerprint density at radius 3 is 2.62 bits per heavy atom. The summed E-state index contributed by atoms with van der Waals surface area (Å²) in [5.74, 6) is -0.945. The van der Waals surface area contributed by atoms with Crippen LogP contribution < -0.4 is 0 Å². The second kappa shape index (κ2) is 9.29. The molecule has 4 atom stereocenters. The number of carbonyl (C=O) groups excluding carboxylic acids is 2. The smallest absolute Gasteiger partial charge is 0.315 e. The summed E-state index contributed by atoms with van der Waals surface area (Å²) in [6, 6.07) is 9.91. The van der Waals surface area contributed by atoms with Gasteiger partial charge in [-0.25, -0.2) is 4.39 Å². The summed E-state index contributed by atoms with van der Waals surface area (Å²) in [6.45, 7) is 4.51. The molecule has 5 rings (SSSR count). The number of halogens is 1. The number of ether oxygens (including phenoxy) is 2. The van der Waals surface area contributed by atoms with Gasteiger partial charge in [-0.1, -0.05) is 12.1 Å². The van der Waals surface area contributed by atoms with Crippen LogP contribution in [0.4, 0.5) is 4.39 Å². The van der Waals surface area contributed by atoms with Crippen LogP contribution in [-0.4, -0.2) is 36.8 Å². The molecule has 0 spiro atoms. The fraction of sp³-hybridized carbons (Fsp3) is 0.444. The van der Waals surface area contributed by atoms with Gasteiger partial charge in [-0.2, -0.15) is 0 Å². The molecule has 0 radical (unpaired) electrons. The average molecular weight is 466 g/mol. The summed E-state index contributed by atoms with van der Waals surface area (Å²) in [5, 5.41) is 0. The van der Waals surface area contributed by atoms with Gasteiger partial charge in [-0.3, -0.25) is 14.6 Å². The fourth-order valence-corrected chi connectivity index (χ4v) is 5.30. The van der Waals surface area contributed by atoms with Gasteiger partial charge in [-0.15, -0.1) is 0 Å². The molecule has 1 saturated heterocycles. The van der Waals surface area contributed by atoms with E-state index in [2.05, 4.69) is 0 Å². The summed E-state index contributed by atoms with van der Waals surface area (Å²) in [4.78, 5) is 31.5. The van der Waals surface area contributed by atoms with Crippen molar-refractivity contribution in [3.8, 4) is 0 Å². The molecule has 0 bridgehead atoms. The molecule has 178 valence electrons. The monoisotopic (exact) mass is 465 g/mol. The van der Waals surface area contributed by atoms with E-state index in [1.165, 1.54) is 12.1 Å². The van der Waals surface area contributed by atoms with Crippen molar-refractivity contribution in [3.05, 3.63) is 70.6 Å². The van der Waals surface area contributed by atoms with Gasteiger partial charge in [0, 0.05) is 30.0 Å². The van der Waals surface area contributed by atoms with Crippen molar-refractivity contribution < 1.29 is 27.9 Å². The zero-order valence-corrected chi connectivity index (χ0v) is 19.4. The van der Waals surface area contributed by atoms with Crippen molar-refractivity contribution >= 4 is 17.5 Å². The van der Waals surface area contributed by atoms with Crippen molar-refractivity contribution in [3.63, 3.8) is 0 Å². The Morgan fingerprint density at radius 1 is 1.15 bits per heavy atom. The van der Waals surface area contributed by atoms with Gasteiger partial charge in [0.15, 0.2) is 5.78 Å². The first kappa shape index (κ1) is 22.7. The molecule has 3 aliphatic rings. The molecule has 4 unspecified atom stereocenters. The number of nitrogens with zero attached hydrogens (tertiary/aromatic N) is 1. The van der Waals surface area contributed by atoms with Crippen LogP contribution in [0.5, 0.6) is 0 Å². The minimum atomic E-state index is -0.739. The Kier molecular flexibility index (Phi) is 6.21. The van der Waals surface area contributed by atoms with E-state index < -0.39 is 17.8 Å². The first-order chi connectivity index (χ1) is 16.4. The Balaban J connectivity index is 1.47. The number of furan rings is 1. The van der Waals surface area contributed by atoms with Gasteiger partial charge < -0.3 is 13.9 Å². The molecule has 3 heterocycles. The highest BCUT2D eigenvalue weighted by Gasteiger charge is 2.46. The number of Topliss-reactive ketones (excluding diaryl/α,β-unsaturated/α-hetero) is 1. The van der Waals surface area contributed by atoms with E-state index in [1.807, 2.05) is 19.1 Å². The SMILES string of the molecule is CC1=NC2=C(C(=O)CC(c3ccc(F)cc3)C2)C(c2ccc(C)o2)C1C(=O)OCC1CCCO1. The molecular formula is C27H28FNO5. The highest BCUT2D eigenvalue weighted by atomic mass is 19.1. The molecule has 1 aromatic heterocycles. The van der Waals surface area contributed by atoms with Crippen LogP contribution in [0.1, 0.15) is 61.5 Å². The number of benzene rings is 1. The zero-order valence-electron chi connectivity index (χ0n) is 19.4. The van der Waals surface area contributed by atoms with Gasteiger partial charge in [0.25, 0.3) is 0 Å². The second-order valence-corrected chi connectivity index (χ2v) is 9.36. The number of allylic oxidation sites excluding steroid dienone is 2. The highest BCUT2D eigenvalue weighted by molar-refractivity contribution is 6.09. The fourth-order valence-electron chi connectivity index (χ4n) is 5.30. The Labute approximate surface area is 197 Å². The molecular weight excluding hydrogens is 437 g/mol. The van der Waals surface area contributed by atoms with E-state index >= 15 is 0 Å². The largest absolute Gasteiger partial charge is 0.466 e. The van der Waals surface area contributed by atoms with Crippen molar-refractivity contribution in [1.29, 1.82) is 0 Å². The zero-order chi connectivity index (χ0) is 23.8. The summed E-state index contributed by atoms with van der Waals surface area (Å²) < 4.78 is 30.6. The molecule has 34 heavy (non-hydrogen) atoms. The topological polar surface area (TPSA) is 78.1 Å². The van der Waals surface area contributed by atoms with E-state index in [0.717, 1.165) is 18.4 Å². The van der Waals surface area contributed by atoms with E-state index in [-0.39, 0.29) is 36.7 Å². The molecule has 2 aliphatic heterocycles. The maximum Gasteiger partial charge on any atom is 0.315 e. The number of esters is 1. The third-order valence-corrected chi connectivity index (χ3v) is 6.99. The molecule has 1 aliphatic carbocycles. The van der Waals surface area contributed by atoms with Crippen LogP contribution in [0.25, 0.3) is 0 Å². The lowest BCUT2D eigenvalue weighted by molar-refractivity contribution is -0.150. The molecule has 7 heteroatoms. The number of hydrogen-bond acceptors (Lipinski definition) is 6. The normalized spacial score (nSPS) is 26.9. The molecule has 1 fully saturated rings. The number of aryl methyl sites for hydroxylation is 1. The van der Waals surface area contributed by atoms with Crippen molar-refractivity contribution in [2.75, 3.05) is 13.2 Å². The molecule has 1 aromatic carbocycles. The van der Waals surface area contributed by atoms with Crippen molar-refractivity contribution in [1.82, 2.24) is 0 Å². The van der Waals surface area contributed by atoms with E-state index in [9.17, 15) is 14.0 Å². The van der Waals surface area contributed by atoms with Crippen molar-refractivity contribution in [2.24, 2.45) is 10.9 Å². The maximum atomic E-state index is 13.5. The quantitative estimate of drug-likeness (QED) is 0.579. The first-order valence-electron chi connectivity index (χ1n) is 11.8. The Bertz CT molecular complexity index is 1160. The lowest BCUT2D eigenvalue weighted by Crippen LogP contribution is -2.38. The maximum absolute atomic E-state index is 13.5. The molecule has 6 nitrogen and oxygen atoms in total. The summed E-state index contributed by atoms with van der Waals surface area (Å²) >= 11 is 0. The van der Waals surface area contributed by atoms with Gasteiger partial charge in [0.1, 0.15) is 29.9 Å². The molecule has 0 amide bonds. The second-order valence-electron chi connectivity index (χ2n) is 9.36. The van der Waals surface area contributed by atoms with E-state index in [4.69, 9.17) is 18.9 Å². The van der Waals surface area contributed by atoms with E-state index in [0.29, 0.717) is 41.5 Å². The van der Waals surface area contributed by atoms with Crippen LogP contribution in [0, 0.1) is 18.7 Å². The minimum absolute atomic E-state index is 0.0668. The van der Waals surface area contributed by atoms with Crippen molar-refractivity contribution in [2.45, 2.75) is 57.5 Å². The number of rotatable bonds is 5. The number of carbonyl (C=O) groups is 2. The van der Waals surface area contributed by atoms with Crippen LogP contribution in [0.2, 0.25) is 0 Å². The number of hydrogen-bond donors (Lipinski definition) is 0. The summed E-state index contributed by atoms with van der Waals surface area (Å²) in [7, 11) is 0. The third kappa shape index (κ3) is 4.37. The molecule has 0 saturated carbocycles. The first-order valence-corrected chi connectivity index (χ1v) is 11.8. The third-order valence-electron chi connectivity index (χ3n) is 6.99. The average Bonchev–Trinajstić information content (AvgIpc) is 3.48. The van der Waals surface area contributed by atoms with Crippen LogP contribution in [-0.2, 0) is 19.1 Å². The predicted octanol–water partition coefficient (Wildman–Crippen LogP) is 5.02. The lowest BCUT2D eigenvalue weighted by Gasteiger charge is -2.35. The molecule has 2 aromatic rings. The van der Waals surface area contributed by atoms with E-state index in [1.54, 1.807) is 19.1 Å². The standard InChI is InChI=1S/C27H28FNO5/c1-15-5-10-23(34-15)26-24(27(31)33-14-20-4-3-11-32-20)16(2)29-21-12-18(13-22(30)25(21)26)17-6-8-19(28)9-7-17/h5-10,18,20,24,26H,3-4,11-14H2,1-2H3. The predicted molar refractivity (Wildman–Crippen MR) is 123 cm³/mol. The van der Waals surface area contributed by atoms with Gasteiger partial charge in [0.2, 0.25) is 0 Å². The van der Waals surface area contributed by atoms with Gasteiger partial charge >= 0.3 is 5.97 Å². The minimum Gasteiger partial charge on any atom is -0.466 e. The van der Waals surface area contributed by atoms with Crippen LogP contribution in [0.15, 0.2) is 57.1 Å². The van der Waals surface area contributed by atoms with Crippen LogP contribution >= 0.6 is 0 Å². The number of aliphatic imine (C=N–C) groups is 1. The number of ketones is 1. The Morgan fingerprint density at radius 2 is 1.94 bits per heavy atom. The van der Waals surface area contributed by atoms with Gasteiger partial charge in [-0.05, 0) is 68.9 Å². The lowest BCUT2D eigenvalue weighted by atomic mass is 9.71. The summed E-state index contributed by atoms with van der Waals surface area (Å²) in [5.41, 5.74) is 2.70. The molecule has 0 N–H and O–H groups in total. The van der Waals surface area contributed by atoms with Gasteiger partial charge in [0.05, 0.1) is 12.0 Å².